The van der Waals surface area contributed by atoms with E-state index in [1.165, 1.54) is 0 Å². The lowest BCUT2D eigenvalue weighted by Gasteiger charge is -2.06. The summed E-state index contributed by atoms with van der Waals surface area (Å²) < 4.78 is 5.19. The molecule has 84 valence electrons. The maximum Gasteiger partial charge on any atom is 0.121 e. The molecule has 3 nitrogen and oxygen atoms in total. The number of nitriles is 1. The number of carbonyl (C=O) groups is 1. The normalized spacial score (nSPS) is 9.75. The smallest absolute Gasteiger partial charge is 0.121 e. The van der Waals surface area contributed by atoms with Gasteiger partial charge in [0.05, 0.1) is 18.7 Å². The van der Waals surface area contributed by atoms with Crippen molar-refractivity contribution in [3.8, 4) is 6.07 Å². The lowest BCUT2D eigenvalue weighted by molar-refractivity contribution is -0.0979. The molecule has 0 saturated carbocycles. The van der Waals surface area contributed by atoms with E-state index >= 15 is 0 Å². The number of allylic oxidation sites excluding steroid dienone is 1. The first-order chi connectivity index (χ1) is 7.72. The Morgan fingerprint density at radius 2 is 2.12 bits per heavy atom. The Balaban J connectivity index is 0.00000106. The fourth-order valence-electron chi connectivity index (χ4n) is 1.34. The van der Waals surface area contributed by atoms with Crippen molar-refractivity contribution in [1.82, 2.24) is 0 Å². The van der Waals surface area contributed by atoms with Crippen LogP contribution in [0.1, 0.15) is 23.6 Å². The van der Waals surface area contributed by atoms with E-state index in [0.29, 0.717) is 5.56 Å². The van der Waals surface area contributed by atoms with E-state index in [-0.39, 0.29) is 0 Å². The minimum Gasteiger partial charge on any atom is -0.496 e. The fraction of sp³-hybridized carbons (Fsp3) is 0.231. The monoisotopic (exact) mass is 217 g/mol. The molecular weight excluding hydrogens is 202 g/mol. The summed E-state index contributed by atoms with van der Waals surface area (Å²) in [6, 6.07) is 7.80. The molecule has 0 amide bonds. The molecule has 0 N–H and O–H groups in total. The second kappa shape index (κ2) is 7.24. The van der Waals surface area contributed by atoms with E-state index < -0.39 is 0 Å². The minimum atomic E-state index is 0.709. The standard InChI is InChI=1S/C12H13NO.CH2O/c1-4-12(14-3)10-5-6-11(8-13)9(2)7-10;1-2/h4-7H,1-3H3;1H2/b12-4-;. The summed E-state index contributed by atoms with van der Waals surface area (Å²) in [5.74, 6) is 0.831. The molecule has 0 aliphatic rings. The van der Waals surface area contributed by atoms with Crippen LogP contribution in [0, 0.1) is 18.3 Å². The molecule has 0 atom stereocenters. The SMILES string of the molecule is C/C=C(\OC)c1ccc(C#N)c(C)c1.C=O. The van der Waals surface area contributed by atoms with Crippen LogP contribution in [0.15, 0.2) is 24.3 Å². The summed E-state index contributed by atoms with van der Waals surface area (Å²) in [6.45, 7) is 5.84. The van der Waals surface area contributed by atoms with E-state index in [0.717, 1.165) is 16.9 Å². The van der Waals surface area contributed by atoms with Gasteiger partial charge in [0.2, 0.25) is 0 Å². The van der Waals surface area contributed by atoms with Gasteiger partial charge in [-0.3, -0.25) is 0 Å². The molecular formula is C13H15NO2. The summed E-state index contributed by atoms with van der Waals surface area (Å²) in [5, 5.41) is 8.77. The van der Waals surface area contributed by atoms with E-state index in [4.69, 9.17) is 14.8 Å². The first-order valence-corrected chi connectivity index (χ1v) is 4.73. The zero-order valence-electron chi connectivity index (χ0n) is 9.78. The molecule has 0 unspecified atom stereocenters. The van der Waals surface area contributed by atoms with Crippen LogP contribution in [0.3, 0.4) is 0 Å². The van der Waals surface area contributed by atoms with Gasteiger partial charge in [0.1, 0.15) is 12.5 Å². The molecule has 0 bridgehead atoms. The van der Waals surface area contributed by atoms with Crippen molar-refractivity contribution in [2.75, 3.05) is 7.11 Å². The van der Waals surface area contributed by atoms with Crippen LogP contribution in [0.5, 0.6) is 0 Å². The molecule has 0 fully saturated rings. The van der Waals surface area contributed by atoms with E-state index in [2.05, 4.69) is 6.07 Å². The average molecular weight is 217 g/mol. The molecule has 0 saturated heterocycles. The minimum absolute atomic E-state index is 0.709. The number of methoxy groups -OCH3 is 1. The summed E-state index contributed by atoms with van der Waals surface area (Å²) >= 11 is 0. The van der Waals surface area contributed by atoms with Gasteiger partial charge in [-0.1, -0.05) is 0 Å². The Morgan fingerprint density at radius 1 is 1.50 bits per heavy atom. The number of carbonyl (C=O) groups excluding carboxylic acids is 1. The van der Waals surface area contributed by atoms with Crippen LogP contribution in [-0.2, 0) is 9.53 Å². The first kappa shape index (κ1) is 13.9. The maximum atomic E-state index is 8.77. The number of nitrogens with zero attached hydrogens (tertiary/aromatic N) is 1. The highest BCUT2D eigenvalue weighted by atomic mass is 16.5. The Labute approximate surface area is 96.0 Å². The predicted octanol–water partition coefficient (Wildman–Crippen LogP) is 2.69. The van der Waals surface area contributed by atoms with Crippen molar-refractivity contribution in [3.05, 3.63) is 41.0 Å². The van der Waals surface area contributed by atoms with Crippen molar-refractivity contribution in [2.45, 2.75) is 13.8 Å². The quantitative estimate of drug-likeness (QED) is 0.715. The Kier molecular flexibility index (Phi) is 6.30. The van der Waals surface area contributed by atoms with Gasteiger partial charge < -0.3 is 9.53 Å². The van der Waals surface area contributed by atoms with E-state index in [1.807, 2.05) is 44.9 Å². The second-order valence-electron chi connectivity index (χ2n) is 3.00. The molecule has 0 spiro atoms. The van der Waals surface area contributed by atoms with Crippen LogP contribution >= 0.6 is 0 Å². The summed E-state index contributed by atoms with van der Waals surface area (Å²) in [5.41, 5.74) is 2.69. The second-order valence-corrected chi connectivity index (χ2v) is 3.00. The maximum absolute atomic E-state index is 8.77. The zero-order chi connectivity index (χ0) is 12.6. The molecule has 0 aliphatic heterocycles. The number of ether oxygens (including phenoxy) is 1. The number of hydrogen-bond acceptors (Lipinski definition) is 3. The number of benzene rings is 1. The molecule has 0 heterocycles. The number of hydrogen-bond donors (Lipinski definition) is 0. The van der Waals surface area contributed by atoms with Gasteiger partial charge in [0.25, 0.3) is 0 Å². The third-order valence-electron chi connectivity index (χ3n) is 2.11. The van der Waals surface area contributed by atoms with Crippen molar-refractivity contribution < 1.29 is 9.53 Å². The molecule has 1 aromatic carbocycles. The highest BCUT2D eigenvalue weighted by Gasteiger charge is 2.02. The van der Waals surface area contributed by atoms with Crippen LogP contribution in [0.25, 0.3) is 5.76 Å². The number of aryl methyl sites for hydroxylation is 1. The van der Waals surface area contributed by atoms with Crippen LogP contribution in [0.4, 0.5) is 0 Å². The zero-order valence-corrected chi connectivity index (χ0v) is 9.78. The third kappa shape index (κ3) is 3.25. The summed E-state index contributed by atoms with van der Waals surface area (Å²) in [7, 11) is 1.64. The van der Waals surface area contributed by atoms with Gasteiger partial charge in [-0.2, -0.15) is 5.26 Å². The molecule has 16 heavy (non-hydrogen) atoms. The van der Waals surface area contributed by atoms with Gasteiger partial charge in [0, 0.05) is 5.56 Å². The van der Waals surface area contributed by atoms with Crippen molar-refractivity contribution in [2.24, 2.45) is 0 Å². The van der Waals surface area contributed by atoms with E-state index in [1.54, 1.807) is 7.11 Å². The highest BCUT2D eigenvalue weighted by Crippen LogP contribution is 2.18. The lowest BCUT2D eigenvalue weighted by Crippen LogP contribution is -1.90. The average Bonchev–Trinajstić information content (AvgIpc) is 2.33. The van der Waals surface area contributed by atoms with Gasteiger partial charge in [-0.25, -0.2) is 0 Å². The molecule has 0 radical (unpaired) electrons. The van der Waals surface area contributed by atoms with Crippen LogP contribution < -0.4 is 0 Å². The van der Waals surface area contributed by atoms with Crippen LogP contribution in [0.2, 0.25) is 0 Å². The summed E-state index contributed by atoms with van der Waals surface area (Å²) in [4.78, 5) is 8.00. The Morgan fingerprint density at radius 3 is 2.50 bits per heavy atom. The first-order valence-electron chi connectivity index (χ1n) is 4.73. The van der Waals surface area contributed by atoms with Gasteiger partial charge in [-0.15, -0.1) is 0 Å². The third-order valence-corrected chi connectivity index (χ3v) is 2.11. The molecule has 0 aromatic heterocycles. The fourth-order valence-corrected chi connectivity index (χ4v) is 1.34. The topological polar surface area (TPSA) is 50.1 Å². The molecule has 0 aliphatic carbocycles. The highest BCUT2D eigenvalue weighted by molar-refractivity contribution is 5.61. The van der Waals surface area contributed by atoms with Crippen LogP contribution in [-0.4, -0.2) is 13.9 Å². The van der Waals surface area contributed by atoms with Gasteiger partial charge in [0.15, 0.2) is 0 Å². The largest absolute Gasteiger partial charge is 0.496 e. The lowest BCUT2D eigenvalue weighted by atomic mass is 10.0. The molecule has 3 heteroatoms. The summed E-state index contributed by atoms with van der Waals surface area (Å²) in [6.07, 6.45) is 1.90. The Hall–Kier alpha value is -2.08. The predicted molar refractivity (Wildman–Crippen MR) is 63.7 cm³/mol. The van der Waals surface area contributed by atoms with E-state index in [9.17, 15) is 0 Å². The van der Waals surface area contributed by atoms with Gasteiger partial charge in [-0.05, 0) is 43.7 Å². The molecule has 1 rings (SSSR count). The molecule has 1 aromatic rings. The van der Waals surface area contributed by atoms with Gasteiger partial charge >= 0.3 is 0 Å². The number of rotatable bonds is 2. The van der Waals surface area contributed by atoms with Crippen molar-refractivity contribution >= 4 is 12.5 Å². The van der Waals surface area contributed by atoms with Crippen molar-refractivity contribution in [3.63, 3.8) is 0 Å². The Bertz CT molecular complexity index is 416. The van der Waals surface area contributed by atoms with Crippen molar-refractivity contribution in [1.29, 1.82) is 5.26 Å².